The van der Waals surface area contributed by atoms with Crippen LogP contribution in [0.3, 0.4) is 0 Å². The van der Waals surface area contributed by atoms with Gasteiger partial charge in [-0.1, -0.05) is 18.2 Å². The number of hydrogen-bond acceptors (Lipinski definition) is 7. The summed E-state index contributed by atoms with van der Waals surface area (Å²) >= 11 is 0. The molecule has 3 N–H and O–H groups in total. The summed E-state index contributed by atoms with van der Waals surface area (Å²) in [5.41, 5.74) is 3.89. The topological polar surface area (TPSA) is 160 Å². The predicted octanol–water partition coefficient (Wildman–Crippen LogP) is 2.49. The van der Waals surface area contributed by atoms with Gasteiger partial charge in [0.15, 0.2) is 15.5 Å². The summed E-state index contributed by atoms with van der Waals surface area (Å²) in [5.74, 6) is -1.95. The third-order valence-electron chi connectivity index (χ3n) is 6.86. The van der Waals surface area contributed by atoms with Crippen LogP contribution < -0.4 is 10.6 Å². The maximum atomic E-state index is 13.4. The molecule has 1 aliphatic rings. The van der Waals surface area contributed by atoms with Crippen LogP contribution in [0, 0.1) is 6.92 Å². The summed E-state index contributed by atoms with van der Waals surface area (Å²) in [5, 5.41) is 19.3. The molecule has 12 heteroatoms. The van der Waals surface area contributed by atoms with Gasteiger partial charge in [0, 0.05) is 24.9 Å². The quantitative estimate of drug-likeness (QED) is 0.318. The smallest absolute Gasteiger partial charge is 0.335 e. The van der Waals surface area contributed by atoms with Gasteiger partial charge in [-0.2, -0.15) is 5.10 Å². The van der Waals surface area contributed by atoms with Crippen LogP contribution in [-0.4, -0.2) is 52.2 Å². The zero-order chi connectivity index (χ0) is 27.9. The molecule has 0 unspecified atom stereocenters. The fraction of sp³-hybridized carbons (Fsp3) is 0.222. The number of hydrogen-bond donors (Lipinski definition) is 3. The fourth-order valence-corrected chi connectivity index (χ4v) is 5.44. The second-order valence-electron chi connectivity index (χ2n) is 9.40. The van der Waals surface area contributed by atoms with Gasteiger partial charge >= 0.3 is 5.97 Å². The van der Waals surface area contributed by atoms with Crippen molar-refractivity contribution in [3.05, 3.63) is 93.9 Å². The van der Waals surface area contributed by atoms with E-state index >= 15 is 0 Å². The largest absolute Gasteiger partial charge is 0.478 e. The van der Waals surface area contributed by atoms with Crippen LogP contribution in [0.4, 0.5) is 0 Å². The minimum absolute atomic E-state index is 0.0228. The molecule has 0 saturated carbocycles. The minimum Gasteiger partial charge on any atom is -0.478 e. The average Bonchev–Trinajstić information content (AvgIpc) is 3.54. The number of nitrogens with zero attached hydrogens (tertiary/aromatic N) is 3. The summed E-state index contributed by atoms with van der Waals surface area (Å²) in [7, 11) is -3.32. The van der Waals surface area contributed by atoms with E-state index in [1.54, 1.807) is 37.3 Å². The second-order valence-corrected chi connectivity index (χ2v) is 11.4. The van der Waals surface area contributed by atoms with Crippen LogP contribution >= 0.6 is 0 Å². The SMILES string of the molecule is Cc1c(C(=O)O)ccc2c1CC[C@@H]2NC(=O)c1cc(C(=O)NCc2ccc(S(C)(=O)=O)cc2)nc2ccnn12. The van der Waals surface area contributed by atoms with Crippen LogP contribution in [0.25, 0.3) is 5.65 Å². The standard InChI is InChI=1S/C27H25N5O6S/c1-15-18-9-10-21(20(18)8-7-19(15)27(35)36)31-26(34)23-13-22(30-24-11-12-29-32(23)24)25(33)28-14-16-3-5-17(6-4-16)39(2,37)38/h3-8,11-13,21H,9-10,14H2,1-2H3,(H,28,33)(H,31,34)(H,35,36)/t21-/m0/s1. The van der Waals surface area contributed by atoms with Crippen LogP contribution in [0.1, 0.15) is 66.1 Å². The molecule has 0 bridgehead atoms. The molecule has 2 heterocycles. The normalized spacial score (nSPS) is 14.7. The number of nitrogens with one attached hydrogen (secondary N) is 2. The van der Waals surface area contributed by atoms with Crippen molar-refractivity contribution in [3.8, 4) is 0 Å². The molecule has 200 valence electrons. The molecule has 11 nitrogen and oxygen atoms in total. The third-order valence-corrected chi connectivity index (χ3v) is 7.99. The molecule has 39 heavy (non-hydrogen) atoms. The van der Waals surface area contributed by atoms with Crippen molar-refractivity contribution in [2.45, 2.75) is 37.2 Å². The fourth-order valence-electron chi connectivity index (χ4n) is 4.81. The van der Waals surface area contributed by atoms with Crippen molar-refractivity contribution in [3.63, 3.8) is 0 Å². The molecule has 0 spiro atoms. The van der Waals surface area contributed by atoms with Gasteiger partial charge in [0.05, 0.1) is 22.7 Å². The number of rotatable bonds is 7. The first-order chi connectivity index (χ1) is 18.5. The van der Waals surface area contributed by atoms with Crippen LogP contribution in [0.15, 0.2) is 59.6 Å². The van der Waals surface area contributed by atoms with Gasteiger partial charge in [-0.25, -0.2) is 22.7 Å². The van der Waals surface area contributed by atoms with E-state index in [0.29, 0.717) is 29.6 Å². The number of aromatic carboxylic acids is 1. The van der Waals surface area contributed by atoms with Crippen molar-refractivity contribution in [1.82, 2.24) is 25.2 Å². The Bertz CT molecular complexity index is 1740. The van der Waals surface area contributed by atoms with Gasteiger partial charge in [-0.05, 0) is 60.2 Å². The molecule has 2 aromatic heterocycles. The van der Waals surface area contributed by atoms with Gasteiger partial charge in [-0.3, -0.25) is 9.59 Å². The van der Waals surface area contributed by atoms with E-state index in [1.165, 1.54) is 28.9 Å². The van der Waals surface area contributed by atoms with Crippen molar-refractivity contribution in [1.29, 1.82) is 0 Å². The molecule has 1 aliphatic carbocycles. The summed E-state index contributed by atoms with van der Waals surface area (Å²) < 4.78 is 24.7. The molecule has 4 aromatic rings. The molecular formula is C27H25N5O6S. The Kier molecular flexibility index (Phi) is 6.64. The predicted molar refractivity (Wildman–Crippen MR) is 140 cm³/mol. The van der Waals surface area contributed by atoms with Crippen molar-refractivity contribution in [2.75, 3.05) is 6.26 Å². The number of carboxylic acid groups (broad SMARTS) is 1. The molecule has 0 saturated heterocycles. The maximum Gasteiger partial charge on any atom is 0.335 e. The summed E-state index contributed by atoms with van der Waals surface area (Å²) in [6.07, 6.45) is 3.85. The third kappa shape index (κ3) is 5.10. The van der Waals surface area contributed by atoms with Gasteiger partial charge in [0.1, 0.15) is 11.4 Å². The van der Waals surface area contributed by atoms with Crippen molar-refractivity contribution in [2.24, 2.45) is 0 Å². The Morgan fingerprint density at radius 3 is 2.51 bits per heavy atom. The Labute approximate surface area is 223 Å². The van der Waals surface area contributed by atoms with Gasteiger partial charge in [0.25, 0.3) is 11.8 Å². The lowest BCUT2D eigenvalue weighted by atomic mass is 9.98. The first-order valence-electron chi connectivity index (χ1n) is 12.1. The lowest BCUT2D eigenvalue weighted by molar-refractivity contribution is 0.0695. The molecule has 2 amide bonds. The Morgan fingerprint density at radius 1 is 1.08 bits per heavy atom. The summed E-state index contributed by atoms with van der Waals surface area (Å²) in [6.45, 7) is 1.90. The molecule has 2 aromatic carbocycles. The average molecular weight is 548 g/mol. The summed E-state index contributed by atoms with van der Waals surface area (Å²) in [6, 6.07) is 12.1. The zero-order valence-electron chi connectivity index (χ0n) is 21.1. The highest BCUT2D eigenvalue weighted by molar-refractivity contribution is 7.90. The number of carbonyl (C=O) groups is 3. The maximum absolute atomic E-state index is 13.4. The van der Waals surface area contributed by atoms with Crippen LogP contribution in [0.2, 0.25) is 0 Å². The molecule has 0 radical (unpaired) electrons. The van der Waals surface area contributed by atoms with Gasteiger partial charge in [-0.15, -0.1) is 0 Å². The van der Waals surface area contributed by atoms with E-state index in [1.807, 2.05) is 0 Å². The monoisotopic (exact) mass is 547 g/mol. The number of sulfone groups is 1. The molecule has 1 atom stereocenters. The van der Waals surface area contributed by atoms with Crippen LogP contribution in [-0.2, 0) is 22.8 Å². The second kappa shape index (κ2) is 9.95. The van der Waals surface area contributed by atoms with E-state index < -0.39 is 27.6 Å². The highest BCUT2D eigenvalue weighted by Gasteiger charge is 2.28. The first kappa shape index (κ1) is 26.0. The molecule has 0 aliphatic heterocycles. The van der Waals surface area contributed by atoms with Crippen molar-refractivity contribution < 1.29 is 27.9 Å². The molecule has 0 fully saturated rings. The Morgan fingerprint density at radius 2 is 1.82 bits per heavy atom. The highest BCUT2D eigenvalue weighted by Crippen LogP contribution is 2.35. The van der Waals surface area contributed by atoms with Crippen molar-refractivity contribution >= 4 is 33.3 Å². The first-order valence-corrected chi connectivity index (χ1v) is 14.0. The van der Waals surface area contributed by atoms with Crippen LogP contribution in [0.5, 0.6) is 0 Å². The highest BCUT2D eigenvalue weighted by atomic mass is 32.2. The summed E-state index contributed by atoms with van der Waals surface area (Å²) in [4.78, 5) is 42.3. The van der Waals surface area contributed by atoms with E-state index in [-0.39, 0.29) is 34.4 Å². The number of aromatic nitrogens is 3. The number of carbonyl (C=O) groups excluding carboxylic acids is 2. The number of carboxylic acids is 1. The van der Waals surface area contributed by atoms with E-state index in [9.17, 15) is 27.9 Å². The zero-order valence-corrected chi connectivity index (χ0v) is 21.9. The Balaban J connectivity index is 1.35. The number of fused-ring (bicyclic) bond motifs is 2. The molecular weight excluding hydrogens is 522 g/mol. The van der Waals surface area contributed by atoms with E-state index in [4.69, 9.17) is 0 Å². The lowest BCUT2D eigenvalue weighted by Gasteiger charge is -2.16. The minimum atomic E-state index is -3.32. The molecule has 5 rings (SSSR count). The van der Waals surface area contributed by atoms with Gasteiger partial charge in [0.2, 0.25) is 0 Å². The van der Waals surface area contributed by atoms with Gasteiger partial charge < -0.3 is 15.7 Å². The van der Waals surface area contributed by atoms with E-state index in [0.717, 1.165) is 17.4 Å². The van der Waals surface area contributed by atoms with E-state index in [2.05, 4.69) is 20.7 Å². The number of benzene rings is 2. The Hall–Kier alpha value is -4.58. The number of amides is 2. The lowest BCUT2D eigenvalue weighted by Crippen LogP contribution is -2.30.